The largest absolute Gasteiger partial charge is 0.353 e. The van der Waals surface area contributed by atoms with Crippen LogP contribution < -0.4 is 5.32 Å². The maximum absolute atomic E-state index is 12.8. The second-order valence-electron chi connectivity index (χ2n) is 8.26. The highest BCUT2D eigenvalue weighted by molar-refractivity contribution is 5.95. The van der Waals surface area contributed by atoms with Crippen molar-refractivity contribution in [1.82, 2.24) is 25.3 Å². The van der Waals surface area contributed by atoms with Crippen molar-refractivity contribution in [2.24, 2.45) is 5.92 Å². The second kappa shape index (κ2) is 8.00. The van der Waals surface area contributed by atoms with E-state index in [0.29, 0.717) is 17.6 Å². The average molecular weight is 374 g/mol. The molecule has 3 aliphatic rings. The molecule has 2 saturated heterocycles. The van der Waals surface area contributed by atoms with Gasteiger partial charge in [0, 0.05) is 37.4 Å². The van der Waals surface area contributed by atoms with Crippen molar-refractivity contribution in [1.29, 1.82) is 0 Å². The molecule has 1 saturated carbocycles. The van der Waals surface area contributed by atoms with Crippen molar-refractivity contribution in [3.63, 3.8) is 0 Å². The van der Waals surface area contributed by atoms with Gasteiger partial charge < -0.3 is 10.2 Å². The van der Waals surface area contributed by atoms with Gasteiger partial charge in [0.1, 0.15) is 0 Å². The van der Waals surface area contributed by atoms with Gasteiger partial charge in [-0.3, -0.25) is 19.6 Å². The predicted octanol–water partition coefficient (Wildman–Crippen LogP) is 1.57. The zero-order valence-corrected chi connectivity index (χ0v) is 16.2. The van der Waals surface area contributed by atoms with Crippen LogP contribution in [0.15, 0.2) is 6.20 Å². The van der Waals surface area contributed by atoms with Crippen molar-refractivity contribution in [2.45, 2.75) is 64.0 Å². The van der Waals surface area contributed by atoms with Crippen LogP contribution in [0, 0.1) is 5.92 Å². The zero-order chi connectivity index (χ0) is 18.8. The smallest absolute Gasteiger partial charge is 0.257 e. The van der Waals surface area contributed by atoms with Crippen LogP contribution in [0.3, 0.4) is 0 Å². The third kappa shape index (κ3) is 4.18. The highest BCUT2D eigenvalue weighted by Crippen LogP contribution is 2.26. The molecule has 1 atom stereocenters. The Morgan fingerprint density at radius 3 is 2.67 bits per heavy atom. The van der Waals surface area contributed by atoms with Gasteiger partial charge in [-0.05, 0) is 51.5 Å². The van der Waals surface area contributed by atoms with Gasteiger partial charge in [-0.25, -0.2) is 0 Å². The molecule has 3 fully saturated rings. The Labute approximate surface area is 160 Å². The van der Waals surface area contributed by atoms with Crippen molar-refractivity contribution in [3.8, 4) is 0 Å². The maximum Gasteiger partial charge on any atom is 0.257 e. The standard InChI is InChI=1S/C20H31N5O2/c1-2-18-17(12-21-23-18)20(27)24-10-7-16(8-11-24)25-9-3-4-14(13-25)19(26)22-15-5-6-15/h12,14-16H,2-11,13H2,1H3,(H,21,23)(H,22,26)/t14-/m1/s1. The molecule has 148 valence electrons. The zero-order valence-electron chi connectivity index (χ0n) is 16.2. The van der Waals surface area contributed by atoms with E-state index >= 15 is 0 Å². The molecule has 7 heteroatoms. The Kier molecular flexibility index (Phi) is 5.48. The summed E-state index contributed by atoms with van der Waals surface area (Å²) in [5.41, 5.74) is 1.63. The Hall–Kier alpha value is -1.89. The first kappa shape index (κ1) is 18.5. The van der Waals surface area contributed by atoms with Gasteiger partial charge in [-0.15, -0.1) is 0 Å². The Balaban J connectivity index is 1.29. The van der Waals surface area contributed by atoms with E-state index in [0.717, 1.165) is 76.8 Å². The molecule has 2 amide bonds. The number of hydrogen-bond donors (Lipinski definition) is 2. The van der Waals surface area contributed by atoms with E-state index in [9.17, 15) is 9.59 Å². The van der Waals surface area contributed by atoms with Gasteiger partial charge in [0.15, 0.2) is 0 Å². The van der Waals surface area contributed by atoms with Gasteiger partial charge >= 0.3 is 0 Å². The van der Waals surface area contributed by atoms with Crippen LogP contribution in [0.5, 0.6) is 0 Å². The molecule has 2 N–H and O–H groups in total. The maximum atomic E-state index is 12.8. The van der Waals surface area contributed by atoms with Crippen LogP contribution in [0.1, 0.15) is 61.5 Å². The molecular weight excluding hydrogens is 342 g/mol. The molecule has 0 aromatic carbocycles. The molecule has 0 unspecified atom stereocenters. The number of amides is 2. The molecule has 27 heavy (non-hydrogen) atoms. The minimum absolute atomic E-state index is 0.0966. The summed E-state index contributed by atoms with van der Waals surface area (Å²) in [6, 6.07) is 0.929. The van der Waals surface area contributed by atoms with Crippen molar-refractivity contribution in [3.05, 3.63) is 17.5 Å². The van der Waals surface area contributed by atoms with E-state index in [4.69, 9.17) is 0 Å². The number of piperidine rings is 2. The van der Waals surface area contributed by atoms with E-state index in [1.54, 1.807) is 6.20 Å². The third-order valence-electron chi connectivity index (χ3n) is 6.32. The summed E-state index contributed by atoms with van der Waals surface area (Å²) >= 11 is 0. The SMILES string of the molecule is CCc1[nH]ncc1C(=O)N1CCC(N2CCC[C@@H](C(=O)NC3CC3)C2)CC1. The van der Waals surface area contributed by atoms with Crippen LogP contribution in [-0.2, 0) is 11.2 Å². The van der Waals surface area contributed by atoms with E-state index in [-0.39, 0.29) is 17.7 Å². The molecule has 0 radical (unpaired) electrons. The summed E-state index contributed by atoms with van der Waals surface area (Å²) in [5.74, 6) is 0.485. The van der Waals surface area contributed by atoms with Crippen LogP contribution in [0.2, 0.25) is 0 Å². The normalized spacial score (nSPS) is 24.8. The fourth-order valence-electron chi connectivity index (χ4n) is 4.47. The Morgan fingerprint density at radius 1 is 1.19 bits per heavy atom. The summed E-state index contributed by atoms with van der Waals surface area (Å²) in [6.45, 7) is 5.55. The number of carbonyl (C=O) groups excluding carboxylic acids is 2. The summed E-state index contributed by atoms with van der Waals surface area (Å²) in [4.78, 5) is 29.6. The Morgan fingerprint density at radius 2 is 1.96 bits per heavy atom. The number of aromatic nitrogens is 2. The summed E-state index contributed by atoms with van der Waals surface area (Å²) in [7, 11) is 0. The van der Waals surface area contributed by atoms with Crippen molar-refractivity contribution < 1.29 is 9.59 Å². The average Bonchev–Trinajstić information content (AvgIpc) is 3.40. The highest BCUT2D eigenvalue weighted by Gasteiger charge is 2.34. The molecule has 2 aliphatic heterocycles. The molecule has 0 bridgehead atoms. The lowest BCUT2D eigenvalue weighted by molar-refractivity contribution is -0.127. The van der Waals surface area contributed by atoms with Gasteiger partial charge in [0.25, 0.3) is 5.91 Å². The highest BCUT2D eigenvalue weighted by atomic mass is 16.2. The molecular formula is C20H31N5O2. The third-order valence-corrected chi connectivity index (χ3v) is 6.32. The number of aryl methyl sites for hydroxylation is 1. The monoisotopic (exact) mass is 373 g/mol. The lowest BCUT2D eigenvalue weighted by Gasteiger charge is -2.42. The van der Waals surface area contributed by atoms with Gasteiger partial charge in [0.05, 0.1) is 17.7 Å². The van der Waals surface area contributed by atoms with Gasteiger partial charge in [0.2, 0.25) is 5.91 Å². The number of hydrogen-bond acceptors (Lipinski definition) is 4. The van der Waals surface area contributed by atoms with Crippen LogP contribution in [-0.4, -0.2) is 70.1 Å². The van der Waals surface area contributed by atoms with Gasteiger partial charge in [-0.2, -0.15) is 5.10 Å². The number of H-pyrrole nitrogens is 1. The first-order chi connectivity index (χ1) is 13.2. The van der Waals surface area contributed by atoms with Crippen molar-refractivity contribution in [2.75, 3.05) is 26.2 Å². The van der Waals surface area contributed by atoms with E-state index in [1.165, 1.54) is 0 Å². The number of aromatic amines is 1. The molecule has 1 aliphatic carbocycles. The summed E-state index contributed by atoms with van der Waals surface area (Å²) in [6.07, 6.45) is 8.81. The molecule has 0 spiro atoms. The van der Waals surface area contributed by atoms with E-state index in [1.807, 2.05) is 11.8 Å². The lowest BCUT2D eigenvalue weighted by Crippen LogP contribution is -2.51. The first-order valence-corrected chi connectivity index (χ1v) is 10.5. The fraction of sp³-hybridized carbons (Fsp3) is 0.750. The summed E-state index contributed by atoms with van der Waals surface area (Å²) in [5, 5.41) is 10.1. The molecule has 4 rings (SSSR count). The first-order valence-electron chi connectivity index (χ1n) is 10.5. The number of nitrogens with zero attached hydrogens (tertiary/aromatic N) is 3. The van der Waals surface area contributed by atoms with Gasteiger partial charge in [-0.1, -0.05) is 6.92 Å². The van der Waals surface area contributed by atoms with E-state index < -0.39 is 0 Å². The number of rotatable bonds is 5. The number of likely N-dealkylation sites (tertiary alicyclic amines) is 2. The fourth-order valence-corrected chi connectivity index (χ4v) is 4.47. The topological polar surface area (TPSA) is 81.3 Å². The lowest BCUT2D eigenvalue weighted by atomic mass is 9.93. The quantitative estimate of drug-likeness (QED) is 0.821. The number of nitrogens with one attached hydrogen (secondary N) is 2. The Bertz CT molecular complexity index is 676. The molecule has 7 nitrogen and oxygen atoms in total. The van der Waals surface area contributed by atoms with Crippen LogP contribution >= 0.6 is 0 Å². The molecule has 3 heterocycles. The molecule has 1 aromatic rings. The minimum Gasteiger partial charge on any atom is -0.353 e. The van der Waals surface area contributed by atoms with Crippen LogP contribution in [0.25, 0.3) is 0 Å². The predicted molar refractivity (Wildman–Crippen MR) is 102 cm³/mol. The molecule has 1 aromatic heterocycles. The minimum atomic E-state index is 0.0966. The van der Waals surface area contributed by atoms with Crippen LogP contribution in [0.4, 0.5) is 0 Å². The summed E-state index contributed by atoms with van der Waals surface area (Å²) < 4.78 is 0. The number of carbonyl (C=O) groups is 2. The van der Waals surface area contributed by atoms with E-state index in [2.05, 4.69) is 20.4 Å². The second-order valence-corrected chi connectivity index (χ2v) is 8.26. The van der Waals surface area contributed by atoms with Crippen molar-refractivity contribution >= 4 is 11.8 Å².